The molecule has 1 N–H and O–H groups in total. The molecule has 0 saturated heterocycles. The van der Waals surface area contributed by atoms with Crippen molar-refractivity contribution < 1.29 is 43.1 Å². The summed E-state index contributed by atoms with van der Waals surface area (Å²) in [5, 5.41) is 11.2. The molecule has 0 fully saturated rings. The van der Waals surface area contributed by atoms with Crippen molar-refractivity contribution in [2.45, 2.75) is 25.6 Å². The average Bonchev–Trinajstić information content (AvgIpc) is 3.22. The molecule has 9 heteroatoms. The van der Waals surface area contributed by atoms with E-state index in [4.69, 9.17) is 33.2 Å². The molecule has 0 unspecified atom stereocenters. The summed E-state index contributed by atoms with van der Waals surface area (Å²) in [7, 11) is 4.53. The van der Waals surface area contributed by atoms with E-state index in [1.807, 2.05) is 0 Å². The lowest BCUT2D eigenvalue weighted by molar-refractivity contribution is -0.198. The molecule has 9 nitrogen and oxygen atoms in total. The minimum atomic E-state index is -1.86. The molecule has 3 atom stereocenters. The summed E-state index contributed by atoms with van der Waals surface area (Å²) in [6, 6.07) is 6.90. The third kappa shape index (κ3) is 3.52. The fourth-order valence-corrected chi connectivity index (χ4v) is 4.29. The molecule has 172 valence electrons. The van der Waals surface area contributed by atoms with E-state index in [2.05, 4.69) is 0 Å². The van der Waals surface area contributed by atoms with Crippen LogP contribution in [0, 0.1) is 5.92 Å². The monoisotopic (exact) mass is 446 g/mol. The van der Waals surface area contributed by atoms with Gasteiger partial charge in [0.1, 0.15) is 11.7 Å². The molecule has 0 aliphatic carbocycles. The van der Waals surface area contributed by atoms with Gasteiger partial charge in [-0.3, -0.25) is 4.79 Å². The van der Waals surface area contributed by atoms with Gasteiger partial charge in [-0.05, 0) is 30.7 Å². The minimum absolute atomic E-state index is 0.0742. The second-order valence-corrected chi connectivity index (χ2v) is 7.57. The molecule has 2 aromatic rings. The van der Waals surface area contributed by atoms with Gasteiger partial charge in [0.2, 0.25) is 18.3 Å². The maximum absolute atomic E-state index is 13.1. The second-order valence-electron chi connectivity index (χ2n) is 7.57. The van der Waals surface area contributed by atoms with Gasteiger partial charge in [0.15, 0.2) is 23.0 Å². The first-order valence-corrected chi connectivity index (χ1v) is 10.2. The summed E-state index contributed by atoms with van der Waals surface area (Å²) in [6.45, 7) is 3.37. The summed E-state index contributed by atoms with van der Waals surface area (Å²) >= 11 is 0. The third-order valence-electron chi connectivity index (χ3n) is 5.65. The van der Waals surface area contributed by atoms with Crippen LogP contribution in [-0.2, 0) is 9.53 Å². The normalized spacial score (nSPS) is 23.1. The molecular formula is C23H26O9. The SMILES string of the molecule is CCOC(=O)[C@@H]1[C@H](c2cc(OC)c(OC)c(OC)c2)c2cc3c(cc2O[C@]1(C)O)OCO3. The van der Waals surface area contributed by atoms with E-state index >= 15 is 0 Å². The van der Waals surface area contributed by atoms with E-state index in [1.54, 1.807) is 31.2 Å². The van der Waals surface area contributed by atoms with Crippen LogP contribution in [0.3, 0.4) is 0 Å². The number of benzene rings is 2. The van der Waals surface area contributed by atoms with E-state index in [0.29, 0.717) is 45.6 Å². The number of fused-ring (bicyclic) bond motifs is 2. The minimum Gasteiger partial charge on any atom is -0.493 e. The van der Waals surface area contributed by atoms with Gasteiger partial charge >= 0.3 is 5.97 Å². The Morgan fingerprint density at radius 1 is 1.03 bits per heavy atom. The Morgan fingerprint density at radius 3 is 2.22 bits per heavy atom. The van der Waals surface area contributed by atoms with Crippen LogP contribution in [0.15, 0.2) is 24.3 Å². The number of methoxy groups -OCH3 is 3. The fourth-order valence-electron chi connectivity index (χ4n) is 4.29. The van der Waals surface area contributed by atoms with Crippen molar-refractivity contribution in [2.75, 3.05) is 34.7 Å². The van der Waals surface area contributed by atoms with Gasteiger partial charge < -0.3 is 38.3 Å². The van der Waals surface area contributed by atoms with Gasteiger partial charge in [0, 0.05) is 24.5 Å². The summed E-state index contributed by atoms with van der Waals surface area (Å²) in [4.78, 5) is 13.1. The number of carbonyl (C=O) groups is 1. The molecular weight excluding hydrogens is 420 g/mol. The molecule has 0 amide bonds. The lowest BCUT2D eigenvalue weighted by Gasteiger charge is -2.42. The number of hydrogen-bond donors (Lipinski definition) is 1. The number of hydrogen-bond acceptors (Lipinski definition) is 9. The van der Waals surface area contributed by atoms with Gasteiger partial charge in [-0.1, -0.05) is 0 Å². The largest absolute Gasteiger partial charge is 0.493 e. The number of aliphatic hydroxyl groups is 1. The van der Waals surface area contributed by atoms with Crippen molar-refractivity contribution in [1.82, 2.24) is 0 Å². The van der Waals surface area contributed by atoms with E-state index in [0.717, 1.165) is 0 Å². The van der Waals surface area contributed by atoms with Crippen LogP contribution < -0.4 is 28.4 Å². The Labute approximate surface area is 185 Å². The highest BCUT2D eigenvalue weighted by atomic mass is 16.7. The first kappa shape index (κ1) is 21.9. The Balaban J connectivity index is 1.97. The van der Waals surface area contributed by atoms with Crippen LogP contribution >= 0.6 is 0 Å². The first-order chi connectivity index (χ1) is 15.3. The van der Waals surface area contributed by atoms with Gasteiger partial charge in [-0.25, -0.2) is 0 Å². The zero-order valence-corrected chi connectivity index (χ0v) is 18.6. The summed E-state index contributed by atoms with van der Waals surface area (Å²) in [6.07, 6.45) is 0. The molecule has 2 aromatic carbocycles. The van der Waals surface area contributed by atoms with E-state index in [-0.39, 0.29) is 13.4 Å². The zero-order chi connectivity index (χ0) is 23.0. The summed E-state index contributed by atoms with van der Waals surface area (Å²) < 4.78 is 38.6. The molecule has 0 radical (unpaired) electrons. The highest BCUT2D eigenvalue weighted by molar-refractivity contribution is 5.78. The van der Waals surface area contributed by atoms with E-state index in [1.165, 1.54) is 28.3 Å². The topological polar surface area (TPSA) is 102 Å². The van der Waals surface area contributed by atoms with E-state index < -0.39 is 23.6 Å². The molecule has 0 aromatic heterocycles. The number of ether oxygens (including phenoxy) is 7. The van der Waals surface area contributed by atoms with Crippen molar-refractivity contribution >= 4 is 5.97 Å². The highest BCUT2D eigenvalue weighted by Crippen LogP contribution is 2.53. The smallest absolute Gasteiger partial charge is 0.316 e. The van der Waals surface area contributed by atoms with Gasteiger partial charge in [-0.15, -0.1) is 0 Å². The van der Waals surface area contributed by atoms with E-state index in [9.17, 15) is 9.90 Å². The van der Waals surface area contributed by atoms with Crippen molar-refractivity contribution in [3.05, 3.63) is 35.4 Å². The van der Waals surface area contributed by atoms with Crippen LogP contribution in [0.4, 0.5) is 0 Å². The van der Waals surface area contributed by atoms with Crippen LogP contribution in [-0.4, -0.2) is 51.6 Å². The zero-order valence-electron chi connectivity index (χ0n) is 18.6. The number of carbonyl (C=O) groups excluding carboxylic acids is 1. The summed E-state index contributed by atoms with van der Waals surface area (Å²) in [5.74, 6) is -1.58. The van der Waals surface area contributed by atoms with Gasteiger partial charge in [0.25, 0.3) is 0 Å². The van der Waals surface area contributed by atoms with Crippen molar-refractivity contribution in [3.63, 3.8) is 0 Å². The average molecular weight is 446 g/mol. The maximum atomic E-state index is 13.1. The van der Waals surface area contributed by atoms with Crippen molar-refractivity contribution in [2.24, 2.45) is 5.92 Å². The lowest BCUT2D eigenvalue weighted by Crippen LogP contribution is -2.51. The Hall–Kier alpha value is -3.33. The predicted octanol–water partition coefficient (Wildman–Crippen LogP) is 2.85. The maximum Gasteiger partial charge on any atom is 0.316 e. The number of esters is 1. The Bertz CT molecular complexity index is 1010. The second kappa shape index (κ2) is 8.31. The number of rotatable bonds is 6. The third-order valence-corrected chi connectivity index (χ3v) is 5.65. The van der Waals surface area contributed by atoms with Gasteiger partial charge in [-0.2, -0.15) is 0 Å². The van der Waals surface area contributed by atoms with Crippen LogP contribution in [0.1, 0.15) is 30.9 Å². The molecule has 4 rings (SSSR count). The van der Waals surface area contributed by atoms with Gasteiger partial charge in [0.05, 0.1) is 27.9 Å². The Kier molecular flexibility index (Phi) is 5.68. The molecule has 0 spiro atoms. The van der Waals surface area contributed by atoms with Crippen LogP contribution in [0.25, 0.3) is 0 Å². The highest BCUT2D eigenvalue weighted by Gasteiger charge is 2.52. The summed E-state index contributed by atoms with van der Waals surface area (Å²) in [5.41, 5.74) is 1.27. The first-order valence-electron chi connectivity index (χ1n) is 10.2. The molecule has 2 heterocycles. The Morgan fingerprint density at radius 2 is 1.66 bits per heavy atom. The molecule has 0 bridgehead atoms. The molecule has 0 saturated carbocycles. The predicted molar refractivity (Wildman–Crippen MR) is 112 cm³/mol. The molecule has 32 heavy (non-hydrogen) atoms. The standard InChI is InChI=1S/C23H26O9/c1-6-29-22(24)20-19(12-7-17(26-3)21(28-5)18(8-12)27-4)13-9-15-16(31-11-30-15)10-14(13)32-23(20,2)25/h7-10,19-20,25H,6,11H2,1-5H3/t19-,20+,23+/m1/s1. The fraction of sp³-hybridized carbons (Fsp3) is 0.435. The van der Waals surface area contributed by atoms with Crippen molar-refractivity contribution in [3.8, 4) is 34.5 Å². The quantitative estimate of drug-likeness (QED) is 0.671. The van der Waals surface area contributed by atoms with Crippen LogP contribution in [0.2, 0.25) is 0 Å². The van der Waals surface area contributed by atoms with Crippen LogP contribution in [0.5, 0.6) is 34.5 Å². The molecule has 2 aliphatic heterocycles. The lowest BCUT2D eigenvalue weighted by atomic mass is 9.74. The van der Waals surface area contributed by atoms with Crippen molar-refractivity contribution in [1.29, 1.82) is 0 Å². The molecule has 2 aliphatic rings.